The van der Waals surface area contributed by atoms with E-state index in [9.17, 15) is 0 Å². The topological polar surface area (TPSA) is 3.24 Å². The molecule has 1 atom stereocenters. The molecule has 0 bridgehead atoms. The summed E-state index contributed by atoms with van der Waals surface area (Å²) in [5.41, 5.74) is 1.39. The van der Waals surface area contributed by atoms with Gasteiger partial charge >= 0.3 is 0 Å². The Labute approximate surface area is 237 Å². The van der Waals surface area contributed by atoms with Crippen LogP contribution in [-0.4, -0.2) is 30.3 Å². The van der Waals surface area contributed by atoms with Gasteiger partial charge in [-0.2, -0.15) is 0 Å². The molecular formula is C36H37NP2. The summed E-state index contributed by atoms with van der Waals surface area (Å²) in [6.45, 7) is 4.52. The van der Waals surface area contributed by atoms with E-state index in [1.165, 1.54) is 26.8 Å². The molecule has 0 aromatic heterocycles. The highest BCUT2D eigenvalue weighted by Crippen LogP contribution is 2.36. The minimum Gasteiger partial charge on any atom is -0.296 e. The molecule has 5 aromatic rings. The van der Waals surface area contributed by atoms with Gasteiger partial charge in [0.1, 0.15) is 0 Å². The summed E-state index contributed by atoms with van der Waals surface area (Å²) in [4.78, 5) is 2.73. The SMILES string of the molecule is C[C@@H](c1ccccc1)N(CCP(c1ccccc1)c1ccccc1)CCP(c1ccccc1)c1ccccc1. The molecule has 5 rings (SSSR count). The van der Waals surface area contributed by atoms with Crippen LogP contribution in [0.1, 0.15) is 18.5 Å². The summed E-state index contributed by atoms with van der Waals surface area (Å²) >= 11 is 0. The van der Waals surface area contributed by atoms with E-state index in [-0.39, 0.29) is 0 Å². The van der Waals surface area contributed by atoms with Crippen molar-refractivity contribution >= 4 is 37.1 Å². The molecule has 0 spiro atoms. The molecule has 39 heavy (non-hydrogen) atoms. The van der Waals surface area contributed by atoms with Crippen LogP contribution in [0.25, 0.3) is 0 Å². The predicted molar refractivity (Wildman–Crippen MR) is 174 cm³/mol. The molecule has 3 heteroatoms. The number of hydrogen-bond donors (Lipinski definition) is 0. The van der Waals surface area contributed by atoms with E-state index in [2.05, 4.69) is 163 Å². The average molecular weight is 546 g/mol. The summed E-state index contributed by atoms with van der Waals surface area (Å²) in [5, 5.41) is 5.84. The second-order valence-corrected chi connectivity index (χ2v) is 14.4. The zero-order chi connectivity index (χ0) is 26.7. The zero-order valence-electron chi connectivity index (χ0n) is 22.7. The van der Waals surface area contributed by atoms with Crippen LogP contribution in [-0.2, 0) is 0 Å². The van der Waals surface area contributed by atoms with Gasteiger partial charge in [-0.05, 0) is 61.9 Å². The highest BCUT2D eigenvalue weighted by molar-refractivity contribution is 7.73. The maximum Gasteiger partial charge on any atom is 0.0320 e. The standard InChI is InChI=1S/C36H37NP2/c1-31(32-17-7-2-8-18-32)37(27-29-38(33-19-9-3-10-20-33)34-21-11-4-12-22-34)28-30-39(35-23-13-5-14-24-35)36-25-15-6-16-26-36/h2-26,31H,27-30H2,1H3/t31-/m0/s1. The lowest BCUT2D eigenvalue weighted by Crippen LogP contribution is -2.34. The monoisotopic (exact) mass is 545 g/mol. The Hall–Kier alpha value is -3.08. The van der Waals surface area contributed by atoms with Crippen molar-refractivity contribution in [2.24, 2.45) is 0 Å². The maximum atomic E-state index is 2.73. The van der Waals surface area contributed by atoms with Gasteiger partial charge in [-0.3, -0.25) is 4.90 Å². The van der Waals surface area contributed by atoms with E-state index >= 15 is 0 Å². The normalized spacial score (nSPS) is 12.2. The van der Waals surface area contributed by atoms with Crippen LogP contribution in [0.15, 0.2) is 152 Å². The van der Waals surface area contributed by atoms with E-state index in [0.29, 0.717) is 6.04 Å². The molecule has 0 aliphatic carbocycles. The zero-order valence-corrected chi connectivity index (χ0v) is 24.5. The van der Waals surface area contributed by atoms with Gasteiger partial charge in [0.15, 0.2) is 0 Å². The average Bonchev–Trinajstić information content (AvgIpc) is 3.02. The first-order valence-electron chi connectivity index (χ1n) is 13.8. The molecule has 0 fully saturated rings. The van der Waals surface area contributed by atoms with Crippen molar-refractivity contribution in [2.45, 2.75) is 13.0 Å². The van der Waals surface area contributed by atoms with Gasteiger partial charge < -0.3 is 0 Å². The molecule has 0 N–H and O–H groups in total. The quantitative estimate of drug-likeness (QED) is 0.149. The smallest absolute Gasteiger partial charge is 0.0320 e. The van der Waals surface area contributed by atoms with Crippen molar-refractivity contribution in [1.82, 2.24) is 4.90 Å². The number of benzene rings is 5. The Kier molecular flexibility index (Phi) is 10.1. The molecule has 0 heterocycles. The van der Waals surface area contributed by atoms with Crippen LogP contribution in [0.3, 0.4) is 0 Å². The van der Waals surface area contributed by atoms with Crippen molar-refractivity contribution in [3.8, 4) is 0 Å². The second kappa shape index (κ2) is 14.3. The largest absolute Gasteiger partial charge is 0.296 e. The Balaban J connectivity index is 1.41. The van der Waals surface area contributed by atoms with Gasteiger partial charge in [-0.1, -0.05) is 152 Å². The molecule has 196 valence electrons. The van der Waals surface area contributed by atoms with Crippen molar-refractivity contribution in [3.05, 3.63) is 157 Å². The third-order valence-corrected chi connectivity index (χ3v) is 12.3. The minimum atomic E-state index is -0.427. The van der Waals surface area contributed by atoms with Gasteiger partial charge in [0.2, 0.25) is 0 Å². The lowest BCUT2D eigenvalue weighted by molar-refractivity contribution is 0.238. The van der Waals surface area contributed by atoms with Crippen LogP contribution in [0.5, 0.6) is 0 Å². The molecule has 1 nitrogen and oxygen atoms in total. The Morgan fingerprint density at radius 2 is 0.718 bits per heavy atom. The van der Waals surface area contributed by atoms with E-state index in [1.807, 2.05) is 0 Å². The molecule has 0 amide bonds. The molecule has 0 aliphatic rings. The lowest BCUT2D eigenvalue weighted by atomic mass is 10.1. The molecular weight excluding hydrogens is 508 g/mol. The summed E-state index contributed by atoms with van der Waals surface area (Å²) in [7, 11) is -0.854. The maximum absolute atomic E-state index is 2.73. The Morgan fingerprint density at radius 3 is 1.03 bits per heavy atom. The number of hydrogen-bond acceptors (Lipinski definition) is 1. The van der Waals surface area contributed by atoms with Crippen molar-refractivity contribution in [1.29, 1.82) is 0 Å². The molecule has 0 radical (unpaired) electrons. The van der Waals surface area contributed by atoms with Crippen LogP contribution in [0, 0.1) is 0 Å². The Bertz CT molecular complexity index is 1200. The van der Waals surface area contributed by atoms with Gasteiger partial charge in [0, 0.05) is 19.1 Å². The first-order valence-corrected chi connectivity index (χ1v) is 16.9. The van der Waals surface area contributed by atoms with Crippen molar-refractivity contribution < 1.29 is 0 Å². The third kappa shape index (κ3) is 7.52. The van der Waals surface area contributed by atoms with Crippen molar-refractivity contribution in [3.63, 3.8) is 0 Å². The van der Waals surface area contributed by atoms with E-state index in [4.69, 9.17) is 0 Å². The molecule has 0 unspecified atom stereocenters. The van der Waals surface area contributed by atoms with Gasteiger partial charge in [0.25, 0.3) is 0 Å². The highest BCUT2D eigenvalue weighted by atomic mass is 31.1. The van der Waals surface area contributed by atoms with E-state index in [1.54, 1.807) is 0 Å². The Morgan fingerprint density at radius 1 is 0.436 bits per heavy atom. The van der Waals surface area contributed by atoms with Gasteiger partial charge in [-0.15, -0.1) is 0 Å². The fraction of sp³-hybridized carbons (Fsp3) is 0.167. The van der Waals surface area contributed by atoms with Crippen LogP contribution in [0.4, 0.5) is 0 Å². The second-order valence-electron chi connectivity index (χ2n) is 9.77. The molecule has 5 aromatic carbocycles. The number of rotatable bonds is 12. The number of nitrogens with zero attached hydrogens (tertiary/aromatic N) is 1. The fourth-order valence-corrected chi connectivity index (χ4v) is 9.82. The first kappa shape index (κ1) is 27.5. The van der Waals surface area contributed by atoms with Gasteiger partial charge in [-0.25, -0.2) is 0 Å². The minimum absolute atomic E-state index is 0.359. The predicted octanol–water partition coefficient (Wildman–Crippen LogP) is 7.32. The van der Waals surface area contributed by atoms with E-state index < -0.39 is 15.8 Å². The summed E-state index contributed by atoms with van der Waals surface area (Å²) in [6, 6.07) is 55.9. The summed E-state index contributed by atoms with van der Waals surface area (Å²) in [5.74, 6) is 0. The van der Waals surface area contributed by atoms with Crippen molar-refractivity contribution in [2.75, 3.05) is 25.4 Å². The summed E-state index contributed by atoms with van der Waals surface area (Å²) < 4.78 is 0. The van der Waals surface area contributed by atoms with Gasteiger partial charge in [0.05, 0.1) is 0 Å². The fourth-order valence-electron chi connectivity index (χ4n) is 5.14. The lowest BCUT2D eigenvalue weighted by Gasteiger charge is -2.33. The van der Waals surface area contributed by atoms with E-state index in [0.717, 1.165) is 25.4 Å². The van der Waals surface area contributed by atoms with Crippen LogP contribution in [0.2, 0.25) is 0 Å². The molecule has 0 saturated heterocycles. The van der Waals surface area contributed by atoms with Crippen LogP contribution < -0.4 is 21.2 Å². The van der Waals surface area contributed by atoms with Crippen LogP contribution >= 0.6 is 15.8 Å². The summed E-state index contributed by atoms with van der Waals surface area (Å²) in [6.07, 6.45) is 2.30. The molecule has 0 aliphatic heterocycles. The third-order valence-electron chi connectivity index (χ3n) is 7.32. The first-order chi connectivity index (χ1) is 19.3. The highest BCUT2D eigenvalue weighted by Gasteiger charge is 2.22. The molecule has 0 saturated carbocycles.